The van der Waals surface area contributed by atoms with Crippen LogP contribution in [0.4, 0.5) is 5.82 Å². The first kappa shape index (κ1) is 29.7. The molecule has 0 saturated carbocycles. The van der Waals surface area contributed by atoms with E-state index in [2.05, 4.69) is 20.2 Å². The Hall–Kier alpha value is -4.29. The lowest BCUT2D eigenvalue weighted by molar-refractivity contribution is 0.128. The molecule has 12 nitrogen and oxygen atoms in total. The third kappa shape index (κ3) is 7.08. The predicted octanol–water partition coefficient (Wildman–Crippen LogP) is 2.58. The minimum atomic E-state index is -0.305. The largest absolute Gasteiger partial charge is 0.497 e. The van der Waals surface area contributed by atoms with Crippen LogP contribution in [-0.2, 0) is 11.8 Å². The Morgan fingerprint density at radius 1 is 1.12 bits per heavy atom. The van der Waals surface area contributed by atoms with Gasteiger partial charge in [-0.2, -0.15) is 0 Å². The number of nitrogen functional groups attached to an aromatic ring is 1. The van der Waals surface area contributed by atoms with Gasteiger partial charge in [-0.05, 0) is 31.9 Å². The summed E-state index contributed by atoms with van der Waals surface area (Å²) in [5, 5.41) is 11.9. The molecule has 12 heteroatoms. The van der Waals surface area contributed by atoms with E-state index in [1.807, 2.05) is 6.20 Å². The van der Waals surface area contributed by atoms with Crippen LogP contribution in [-0.4, -0.2) is 83.7 Å². The highest BCUT2D eigenvalue weighted by Gasteiger charge is 2.20. The van der Waals surface area contributed by atoms with Gasteiger partial charge < -0.3 is 40.1 Å². The Balaban J connectivity index is 1.66. The molecule has 0 radical (unpaired) electrons. The molecule has 4 N–H and O–H groups in total. The second kappa shape index (κ2) is 13.4. The third-order valence-corrected chi connectivity index (χ3v) is 7.08. The number of hydrogen-bond donors (Lipinski definition) is 3. The van der Waals surface area contributed by atoms with E-state index in [1.54, 1.807) is 65.9 Å². The first-order chi connectivity index (χ1) is 19.7. The number of hydrogen-bond acceptors (Lipinski definition) is 11. The van der Waals surface area contributed by atoms with Crippen LogP contribution in [0.2, 0.25) is 0 Å². The zero-order valence-electron chi connectivity index (χ0n) is 24.2. The van der Waals surface area contributed by atoms with Gasteiger partial charge in [0.2, 0.25) is 0 Å². The second-order valence-corrected chi connectivity index (χ2v) is 9.94. The summed E-state index contributed by atoms with van der Waals surface area (Å²) >= 11 is 0. The van der Waals surface area contributed by atoms with E-state index >= 15 is 0 Å². The van der Waals surface area contributed by atoms with Crippen molar-refractivity contribution in [2.75, 3.05) is 53.3 Å². The number of nitrogens with zero attached hydrogens (tertiary/aromatic N) is 5. The number of allylic oxidation sites excluding steroid dienone is 1. The van der Waals surface area contributed by atoms with Crippen molar-refractivity contribution in [2.24, 2.45) is 7.05 Å². The van der Waals surface area contributed by atoms with Crippen LogP contribution in [0.15, 0.2) is 41.6 Å². The van der Waals surface area contributed by atoms with E-state index in [1.165, 1.54) is 4.57 Å². The van der Waals surface area contributed by atoms with Crippen molar-refractivity contribution in [2.45, 2.75) is 25.8 Å². The molecule has 1 aromatic carbocycles. The Kier molecular flexibility index (Phi) is 9.69. The molecule has 1 saturated heterocycles. The standard InChI is InChI=1S/C29H38N8O4/c1-18(30)23(15-32-20-6-8-37(9-7-20)10-11-39-3)24-16-33-28(31)27(34-24)25-17-36(2)29(38)26(35-25)19-12-21(40-4)14-22(13-19)41-5/h12-17,20,30,32H,6-11H2,1-5H3,(H2,31,33)/b23-15+,30-18?. The van der Waals surface area contributed by atoms with Crippen LogP contribution in [0, 0.1) is 5.41 Å². The lowest BCUT2D eigenvalue weighted by Crippen LogP contribution is -2.42. The van der Waals surface area contributed by atoms with Crippen LogP contribution in [0.1, 0.15) is 25.5 Å². The summed E-state index contributed by atoms with van der Waals surface area (Å²) in [6.45, 7) is 5.34. The minimum absolute atomic E-state index is 0.160. The maximum Gasteiger partial charge on any atom is 0.276 e. The smallest absolute Gasteiger partial charge is 0.276 e. The molecular weight excluding hydrogens is 524 g/mol. The lowest BCUT2D eigenvalue weighted by atomic mass is 10.0. The number of anilines is 1. The lowest BCUT2D eigenvalue weighted by Gasteiger charge is -2.32. The van der Waals surface area contributed by atoms with Crippen molar-refractivity contribution in [3.8, 4) is 34.1 Å². The number of aryl methyl sites for hydroxylation is 1. The van der Waals surface area contributed by atoms with Crippen molar-refractivity contribution in [3.05, 3.63) is 52.8 Å². The van der Waals surface area contributed by atoms with Crippen molar-refractivity contribution >= 4 is 17.1 Å². The van der Waals surface area contributed by atoms with E-state index < -0.39 is 0 Å². The number of piperidine rings is 1. The second-order valence-electron chi connectivity index (χ2n) is 9.94. The molecule has 1 fully saturated rings. The Morgan fingerprint density at radius 3 is 2.41 bits per heavy atom. The summed E-state index contributed by atoms with van der Waals surface area (Å²) in [4.78, 5) is 29.3. The molecule has 218 valence electrons. The molecule has 0 atom stereocenters. The average Bonchev–Trinajstić information content (AvgIpc) is 2.98. The van der Waals surface area contributed by atoms with Crippen LogP contribution in [0.5, 0.6) is 11.5 Å². The molecule has 4 rings (SSSR count). The Morgan fingerprint density at radius 2 is 1.80 bits per heavy atom. The molecule has 0 spiro atoms. The fourth-order valence-electron chi connectivity index (χ4n) is 4.69. The predicted molar refractivity (Wildman–Crippen MR) is 159 cm³/mol. The number of methoxy groups -OCH3 is 3. The van der Waals surface area contributed by atoms with Gasteiger partial charge >= 0.3 is 0 Å². The SMILES string of the molecule is COCCN1CCC(N/C=C(\C(C)=N)c2cnc(N)c(-c3cn(C)c(=O)c(-c4cc(OC)cc(OC)c4)n3)n2)CC1. The van der Waals surface area contributed by atoms with Gasteiger partial charge in [0.05, 0.1) is 32.7 Å². The molecule has 0 unspecified atom stereocenters. The molecule has 0 amide bonds. The van der Waals surface area contributed by atoms with Crippen molar-refractivity contribution in [3.63, 3.8) is 0 Å². The van der Waals surface area contributed by atoms with Crippen LogP contribution in [0.25, 0.3) is 28.2 Å². The van der Waals surface area contributed by atoms with Gasteiger partial charge in [0.25, 0.3) is 5.56 Å². The molecule has 1 aliphatic heterocycles. The number of ether oxygens (including phenoxy) is 3. The summed E-state index contributed by atoms with van der Waals surface area (Å²) in [6, 6.07) is 5.44. The first-order valence-electron chi connectivity index (χ1n) is 13.4. The molecule has 0 bridgehead atoms. The number of nitrogens with two attached hydrogens (primary N) is 1. The highest BCUT2D eigenvalue weighted by Crippen LogP contribution is 2.29. The fraction of sp³-hybridized carbons (Fsp3) is 0.414. The minimum Gasteiger partial charge on any atom is -0.497 e. The molecule has 3 heterocycles. The fourth-order valence-corrected chi connectivity index (χ4v) is 4.69. The van der Waals surface area contributed by atoms with Crippen LogP contribution in [0.3, 0.4) is 0 Å². The van der Waals surface area contributed by atoms with Gasteiger partial charge in [-0.15, -0.1) is 0 Å². The van der Waals surface area contributed by atoms with Gasteiger partial charge in [0.1, 0.15) is 28.6 Å². The van der Waals surface area contributed by atoms with Crippen LogP contribution < -0.4 is 26.1 Å². The number of nitrogens with one attached hydrogen (secondary N) is 2. The number of benzene rings is 1. The van der Waals surface area contributed by atoms with Gasteiger partial charge in [0, 0.05) is 75.1 Å². The molecule has 1 aliphatic rings. The molecule has 2 aromatic heterocycles. The average molecular weight is 563 g/mol. The molecular formula is C29H38N8O4. The zero-order chi connectivity index (χ0) is 29.5. The van der Waals surface area contributed by atoms with E-state index in [0.717, 1.165) is 39.1 Å². The first-order valence-corrected chi connectivity index (χ1v) is 13.4. The van der Waals surface area contributed by atoms with Crippen molar-refractivity contribution in [1.29, 1.82) is 5.41 Å². The summed E-state index contributed by atoms with van der Waals surface area (Å²) in [5.41, 5.74) is 8.76. The van der Waals surface area contributed by atoms with Crippen LogP contribution >= 0.6 is 0 Å². The zero-order valence-corrected chi connectivity index (χ0v) is 24.2. The van der Waals surface area contributed by atoms with E-state index in [4.69, 9.17) is 30.3 Å². The molecule has 3 aromatic rings. The Labute approximate surface area is 239 Å². The maximum atomic E-state index is 13.1. The third-order valence-electron chi connectivity index (χ3n) is 7.08. The van der Waals surface area contributed by atoms with Gasteiger partial charge in [0.15, 0.2) is 5.82 Å². The van der Waals surface area contributed by atoms with E-state index in [9.17, 15) is 4.79 Å². The van der Waals surface area contributed by atoms with Gasteiger partial charge in [-0.1, -0.05) is 0 Å². The topological polar surface area (TPSA) is 154 Å². The van der Waals surface area contributed by atoms with Crippen molar-refractivity contribution < 1.29 is 14.2 Å². The van der Waals surface area contributed by atoms with Crippen molar-refractivity contribution in [1.82, 2.24) is 29.7 Å². The summed E-state index contributed by atoms with van der Waals surface area (Å²) in [5.74, 6) is 1.21. The highest BCUT2D eigenvalue weighted by molar-refractivity contribution is 6.20. The number of aromatic nitrogens is 4. The molecule has 0 aliphatic carbocycles. The maximum absolute atomic E-state index is 13.1. The van der Waals surface area contributed by atoms with E-state index in [0.29, 0.717) is 45.4 Å². The number of likely N-dealkylation sites (tertiary alicyclic amines) is 1. The summed E-state index contributed by atoms with van der Waals surface area (Å²) in [7, 11) is 6.44. The van der Waals surface area contributed by atoms with Gasteiger partial charge in [-0.25, -0.2) is 15.0 Å². The molecule has 41 heavy (non-hydrogen) atoms. The highest BCUT2D eigenvalue weighted by atomic mass is 16.5. The van der Waals surface area contributed by atoms with Gasteiger partial charge in [-0.3, -0.25) is 4.79 Å². The number of rotatable bonds is 11. The van der Waals surface area contributed by atoms with E-state index in [-0.39, 0.29) is 23.1 Å². The quantitative estimate of drug-likeness (QED) is 0.297. The summed E-state index contributed by atoms with van der Waals surface area (Å²) in [6.07, 6.45) is 6.94. The summed E-state index contributed by atoms with van der Waals surface area (Å²) < 4.78 is 17.4. The monoisotopic (exact) mass is 562 g/mol. The normalized spacial score (nSPS) is 14.6. The Bertz CT molecular complexity index is 1460.